The smallest absolute Gasteiger partial charge is 0.255 e. The maximum Gasteiger partial charge on any atom is 0.255 e. The first-order valence-electron chi connectivity index (χ1n) is 14.7. The van der Waals surface area contributed by atoms with E-state index in [1.54, 1.807) is 14.1 Å². The number of fused-ring (bicyclic) bond motifs is 5. The van der Waals surface area contributed by atoms with Crippen molar-refractivity contribution >= 4 is 28.9 Å². The lowest BCUT2D eigenvalue weighted by atomic mass is 9.57. The molecule has 0 aliphatic heterocycles. The molecule has 3 fully saturated rings. The number of likely N-dealkylation sites (N-methyl/N-ethyl adjacent to an activating group) is 1. The third-order valence-electron chi connectivity index (χ3n) is 10.6. The van der Waals surface area contributed by atoms with Gasteiger partial charge in [0.15, 0.2) is 11.4 Å². The number of aromatic hydroxyl groups is 1. The fourth-order valence-corrected chi connectivity index (χ4v) is 8.62. The molecule has 1 aromatic carbocycles. The molecule has 5 aliphatic carbocycles. The minimum absolute atomic E-state index is 0.0624. The number of hydrogen-bond acceptors (Lipinski definition) is 10. The first-order chi connectivity index (χ1) is 19.8. The lowest BCUT2D eigenvalue weighted by molar-refractivity contribution is -0.153. The molecule has 0 spiro atoms. The van der Waals surface area contributed by atoms with Crippen molar-refractivity contribution in [2.45, 2.75) is 62.8 Å². The van der Waals surface area contributed by atoms with E-state index < -0.39 is 58.0 Å². The molecule has 0 heterocycles. The van der Waals surface area contributed by atoms with Crippen molar-refractivity contribution in [3.63, 3.8) is 0 Å². The van der Waals surface area contributed by atoms with Crippen LogP contribution in [0.4, 0.5) is 5.69 Å². The number of carbonyl (C=O) groups excluding carboxylic acids is 3. The fourth-order valence-electron chi connectivity index (χ4n) is 8.62. The van der Waals surface area contributed by atoms with Gasteiger partial charge in [-0.15, -0.1) is 0 Å². The van der Waals surface area contributed by atoms with Gasteiger partial charge in [-0.2, -0.15) is 0 Å². The first kappa shape index (κ1) is 28.7. The highest BCUT2D eigenvalue weighted by molar-refractivity contribution is 6.24. The Hall–Kier alpha value is -3.41. The number of aliphatic hydroxyl groups is 3. The molecule has 2 unspecified atom stereocenters. The second kappa shape index (κ2) is 9.82. The Morgan fingerprint density at radius 2 is 1.81 bits per heavy atom. The van der Waals surface area contributed by atoms with E-state index in [1.807, 2.05) is 25.1 Å². The van der Waals surface area contributed by atoms with Crippen molar-refractivity contribution in [2.24, 2.45) is 29.4 Å². The number of Topliss-reactive ketones (excluding diaryl/α,β-unsaturated/α-hetero) is 2. The zero-order valence-electron chi connectivity index (χ0n) is 24.5. The number of anilines is 1. The topological polar surface area (TPSA) is 177 Å². The van der Waals surface area contributed by atoms with E-state index in [0.717, 1.165) is 18.0 Å². The van der Waals surface area contributed by atoms with Crippen LogP contribution in [0.25, 0.3) is 5.76 Å². The summed E-state index contributed by atoms with van der Waals surface area (Å²) >= 11 is 0. The van der Waals surface area contributed by atoms with Crippen molar-refractivity contribution < 1.29 is 34.8 Å². The number of aliphatic hydroxyl groups excluding tert-OH is 2. The van der Waals surface area contributed by atoms with Gasteiger partial charge in [0.1, 0.15) is 22.8 Å². The third-order valence-corrected chi connectivity index (χ3v) is 10.6. The van der Waals surface area contributed by atoms with Gasteiger partial charge in [0.25, 0.3) is 5.91 Å². The van der Waals surface area contributed by atoms with E-state index >= 15 is 0 Å². The molecule has 11 heteroatoms. The number of nitrogens with zero attached hydrogens (tertiary/aromatic N) is 2. The van der Waals surface area contributed by atoms with Crippen molar-refractivity contribution in [1.82, 2.24) is 10.2 Å². The summed E-state index contributed by atoms with van der Waals surface area (Å²) in [5, 5.41) is 49.7. The monoisotopic (exact) mass is 580 g/mol. The van der Waals surface area contributed by atoms with Crippen molar-refractivity contribution in [1.29, 1.82) is 0 Å². The number of hydrogen-bond donors (Lipinski definition) is 6. The van der Waals surface area contributed by atoms with Crippen LogP contribution >= 0.6 is 0 Å². The van der Waals surface area contributed by atoms with Crippen molar-refractivity contribution in [2.75, 3.05) is 33.1 Å². The Morgan fingerprint density at radius 3 is 2.38 bits per heavy atom. The number of primary amides is 1. The molecular weight excluding hydrogens is 540 g/mol. The normalized spacial score (nSPS) is 33.7. The summed E-state index contributed by atoms with van der Waals surface area (Å²) in [5.74, 6) is -5.02. The lowest BCUT2D eigenvalue weighted by Gasteiger charge is -2.50. The summed E-state index contributed by atoms with van der Waals surface area (Å²) in [5.41, 5.74) is 3.96. The highest BCUT2D eigenvalue weighted by Gasteiger charge is 2.64. The summed E-state index contributed by atoms with van der Waals surface area (Å²) in [6, 6.07) is 1.18. The van der Waals surface area contributed by atoms with Crippen LogP contribution in [-0.4, -0.2) is 88.7 Å². The Labute approximate surface area is 244 Å². The molecule has 5 aliphatic rings. The molecule has 0 aromatic heterocycles. The molecule has 3 saturated carbocycles. The average molecular weight is 581 g/mol. The molecule has 0 radical (unpaired) electrons. The number of nitrogens with two attached hydrogens (primary N) is 1. The molecule has 7 N–H and O–H groups in total. The maximum atomic E-state index is 14.1. The second-order valence-corrected chi connectivity index (χ2v) is 13.3. The van der Waals surface area contributed by atoms with Crippen LogP contribution < -0.4 is 16.0 Å². The van der Waals surface area contributed by atoms with Gasteiger partial charge in [0, 0.05) is 49.4 Å². The Kier molecular flexibility index (Phi) is 6.71. The van der Waals surface area contributed by atoms with Crippen LogP contribution in [0, 0.1) is 23.7 Å². The predicted molar refractivity (Wildman–Crippen MR) is 155 cm³/mol. The Balaban J connectivity index is 1.46. The number of phenolic OH excluding ortho intramolecular Hbond substituents is 1. The minimum atomic E-state index is -2.65. The molecule has 6 rings (SSSR count). The van der Waals surface area contributed by atoms with E-state index in [2.05, 4.69) is 5.32 Å². The molecule has 1 amide bonds. The molecule has 2 bridgehead atoms. The highest BCUT2D eigenvalue weighted by Crippen LogP contribution is 2.54. The SMILES string of the molecule is CN(C)c1cc(CNC2CC3CC[C@@H]2C3)c(O)c2c1C[C@H]1C[C@H]3[C@H](N(C)C)C(=O)C(C(N)=O)=C(O)[C@@]3(O)C(=O)C1=C2O. The fraction of sp³-hybridized carbons (Fsp3) is 0.581. The highest BCUT2D eigenvalue weighted by atomic mass is 16.3. The van der Waals surface area contributed by atoms with Crippen molar-refractivity contribution in [3.05, 3.63) is 39.7 Å². The summed E-state index contributed by atoms with van der Waals surface area (Å²) in [7, 11) is 6.91. The second-order valence-electron chi connectivity index (χ2n) is 13.3. The number of rotatable bonds is 6. The predicted octanol–water partition coefficient (Wildman–Crippen LogP) is 1.31. The van der Waals surface area contributed by atoms with Gasteiger partial charge < -0.3 is 36.4 Å². The van der Waals surface area contributed by atoms with Gasteiger partial charge in [-0.25, -0.2) is 0 Å². The van der Waals surface area contributed by atoms with Crippen LogP contribution in [0.5, 0.6) is 5.75 Å². The number of ketones is 2. The first-order valence-corrected chi connectivity index (χ1v) is 14.7. The molecule has 7 atom stereocenters. The zero-order chi connectivity index (χ0) is 30.4. The molecular formula is C31H40N4O7. The number of benzene rings is 1. The Morgan fingerprint density at radius 1 is 1.10 bits per heavy atom. The van der Waals surface area contributed by atoms with E-state index in [4.69, 9.17) is 5.73 Å². The Bertz CT molecular complexity index is 1460. The molecule has 42 heavy (non-hydrogen) atoms. The summed E-state index contributed by atoms with van der Waals surface area (Å²) in [6.45, 7) is 0.387. The number of phenols is 1. The molecule has 1 aromatic rings. The van der Waals surface area contributed by atoms with Gasteiger partial charge >= 0.3 is 0 Å². The number of nitrogens with one attached hydrogen (secondary N) is 1. The summed E-state index contributed by atoms with van der Waals surface area (Å²) in [6.07, 6.45) is 5.15. The van der Waals surface area contributed by atoms with Crippen molar-refractivity contribution in [3.8, 4) is 5.75 Å². The van der Waals surface area contributed by atoms with E-state index in [0.29, 0.717) is 29.6 Å². The quantitative estimate of drug-likeness (QED) is 0.269. The van der Waals surface area contributed by atoms with E-state index in [-0.39, 0.29) is 29.7 Å². The summed E-state index contributed by atoms with van der Waals surface area (Å²) in [4.78, 5) is 43.0. The van der Waals surface area contributed by atoms with E-state index in [1.165, 1.54) is 24.2 Å². The van der Waals surface area contributed by atoms with Gasteiger partial charge in [-0.05, 0) is 75.6 Å². The summed E-state index contributed by atoms with van der Waals surface area (Å²) < 4.78 is 0. The molecule has 226 valence electrons. The van der Waals surface area contributed by atoms with Crippen LogP contribution in [0.3, 0.4) is 0 Å². The van der Waals surface area contributed by atoms with Gasteiger partial charge in [-0.1, -0.05) is 6.42 Å². The standard InChI is InChI=1S/C31H40N4O7/c1-34(2)20-11-16(12-33-19-8-13-5-6-14(19)7-13)25(36)22-17(20)9-15-10-18-24(35(3)4)27(38)23(30(32)41)29(40)31(18,42)28(39)21(15)26(22)37/h11,13-15,18-19,24,33,36-37,40,42H,5-10,12H2,1-4H3,(H2,32,41)/t13?,14-,15+,18+,19?,24+,31+/m1/s1. The number of amides is 1. The number of carbonyl (C=O) groups is 3. The van der Waals surface area contributed by atoms with Crippen LogP contribution in [0.1, 0.15) is 48.8 Å². The average Bonchev–Trinajstić information content (AvgIpc) is 3.53. The van der Waals surface area contributed by atoms with Gasteiger partial charge in [0.2, 0.25) is 5.78 Å². The zero-order valence-corrected chi connectivity index (χ0v) is 24.5. The van der Waals surface area contributed by atoms with Gasteiger partial charge in [0.05, 0.1) is 11.6 Å². The minimum Gasteiger partial charge on any atom is -0.508 e. The van der Waals surface area contributed by atoms with Crippen LogP contribution in [-0.2, 0) is 27.3 Å². The van der Waals surface area contributed by atoms with Crippen LogP contribution in [0.15, 0.2) is 23.0 Å². The van der Waals surface area contributed by atoms with Gasteiger partial charge in [-0.3, -0.25) is 19.3 Å². The largest absolute Gasteiger partial charge is 0.508 e. The molecule has 11 nitrogen and oxygen atoms in total. The van der Waals surface area contributed by atoms with E-state index in [9.17, 15) is 34.8 Å². The van der Waals surface area contributed by atoms with Crippen LogP contribution in [0.2, 0.25) is 0 Å². The third kappa shape index (κ3) is 3.93. The molecule has 0 saturated heterocycles. The lowest BCUT2D eigenvalue weighted by Crippen LogP contribution is -2.65. The maximum absolute atomic E-state index is 14.1.